The Morgan fingerprint density at radius 3 is 2.44 bits per heavy atom. The predicted molar refractivity (Wildman–Crippen MR) is 72.6 cm³/mol. The molecule has 0 aromatic heterocycles. The van der Waals surface area contributed by atoms with Gasteiger partial charge in [0.25, 0.3) is 0 Å². The molecule has 1 fully saturated rings. The van der Waals surface area contributed by atoms with Crippen molar-refractivity contribution in [3.8, 4) is 0 Å². The highest BCUT2D eigenvalue weighted by molar-refractivity contribution is 5.02. The fourth-order valence-electron chi connectivity index (χ4n) is 2.93. The van der Waals surface area contributed by atoms with Crippen LogP contribution in [-0.2, 0) is 0 Å². The molecule has 0 aromatic carbocycles. The van der Waals surface area contributed by atoms with Crippen molar-refractivity contribution in [1.29, 1.82) is 0 Å². The van der Waals surface area contributed by atoms with Gasteiger partial charge in [-0.25, -0.2) is 0 Å². The lowest BCUT2D eigenvalue weighted by atomic mass is 9.87. The molecule has 3 atom stereocenters. The zero-order valence-corrected chi connectivity index (χ0v) is 12.0. The van der Waals surface area contributed by atoms with Crippen molar-refractivity contribution in [3.05, 3.63) is 0 Å². The minimum atomic E-state index is 0.708. The summed E-state index contributed by atoms with van der Waals surface area (Å²) in [6, 6.07) is 0. The maximum absolute atomic E-state index is 3.63. The Hall–Kier alpha value is -0.0400. The van der Waals surface area contributed by atoms with E-state index in [9.17, 15) is 0 Å². The lowest BCUT2D eigenvalue weighted by Crippen LogP contribution is -2.24. The van der Waals surface area contributed by atoms with Gasteiger partial charge in [-0.3, -0.25) is 0 Å². The van der Waals surface area contributed by atoms with Crippen molar-refractivity contribution < 1.29 is 0 Å². The fourth-order valence-corrected chi connectivity index (χ4v) is 2.93. The van der Waals surface area contributed by atoms with Crippen LogP contribution in [0.5, 0.6) is 0 Å². The Bertz CT molecular complexity index is 200. The summed E-state index contributed by atoms with van der Waals surface area (Å²) in [4.78, 5) is 0. The SMILES string of the molecule is CCC(C)CC1(CC)CC1CNCC(C)C. The second kappa shape index (κ2) is 6.05. The van der Waals surface area contributed by atoms with Gasteiger partial charge in [0.1, 0.15) is 0 Å². The van der Waals surface area contributed by atoms with Crippen molar-refractivity contribution in [3.63, 3.8) is 0 Å². The van der Waals surface area contributed by atoms with Crippen LogP contribution in [-0.4, -0.2) is 13.1 Å². The molecule has 1 N–H and O–H groups in total. The third kappa shape index (κ3) is 3.76. The zero-order chi connectivity index (χ0) is 12.2. The molecule has 1 saturated carbocycles. The van der Waals surface area contributed by atoms with Gasteiger partial charge < -0.3 is 5.32 Å². The van der Waals surface area contributed by atoms with Crippen LogP contribution in [0.4, 0.5) is 0 Å². The van der Waals surface area contributed by atoms with Crippen LogP contribution in [0.15, 0.2) is 0 Å². The Morgan fingerprint density at radius 1 is 1.25 bits per heavy atom. The van der Waals surface area contributed by atoms with Crippen LogP contribution < -0.4 is 5.32 Å². The summed E-state index contributed by atoms with van der Waals surface area (Å²) >= 11 is 0. The van der Waals surface area contributed by atoms with Crippen molar-refractivity contribution in [1.82, 2.24) is 5.32 Å². The third-order valence-corrected chi connectivity index (χ3v) is 4.46. The van der Waals surface area contributed by atoms with E-state index in [1.165, 1.54) is 38.8 Å². The molecule has 0 spiro atoms. The van der Waals surface area contributed by atoms with E-state index in [0.29, 0.717) is 5.41 Å². The molecule has 1 rings (SSSR count). The average Bonchev–Trinajstić information content (AvgIpc) is 2.91. The predicted octanol–water partition coefficient (Wildman–Crippen LogP) is 4.08. The molecular formula is C15H31N. The van der Waals surface area contributed by atoms with Gasteiger partial charge in [0, 0.05) is 0 Å². The number of hydrogen-bond donors (Lipinski definition) is 1. The molecule has 0 heterocycles. The van der Waals surface area contributed by atoms with E-state index in [1.807, 2.05) is 0 Å². The van der Waals surface area contributed by atoms with E-state index in [0.717, 1.165) is 17.8 Å². The summed E-state index contributed by atoms with van der Waals surface area (Å²) in [6.45, 7) is 14.1. The van der Waals surface area contributed by atoms with Gasteiger partial charge in [0.2, 0.25) is 0 Å². The summed E-state index contributed by atoms with van der Waals surface area (Å²) in [5.41, 5.74) is 0.708. The van der Waals surface area contributed by atoms with Crippen molar-refractivity contribution in [2.24, 2.45) is 23.2 Å². The fraction of sp³-hybridized carbons (Fsp3) is 1.00. The van der Waals surface area contributed by atoms with E-state index in [4.69, 9.17) is 0 Å². The monoisotopic (exact) mass is 225 g/mol. The van der Waals surface area contributed by atoms with Crippen molar-refractivity contribution >= 4 is 0 Å². The molecule has 0 bridgehead atoms. The second-order valence-corrected chi connectivity index (χ2v) is 6.39. The molecule has 0 aliphatic heterocycles. The molecule has 16 heavy (non-hydrogen) atoms. The normalized spacial score (nSPS) is 30.8. The Morgan fingerprint density at radius 2 is 1.94 bits per heavy atom. The lowest BCUT2D eigenvalue weighted by molar-refractivity contribution is 0.319. The van der Waals surface area contributed by atoms with Crippen LogP contribution in [0.2, 0.25) is 0 Å². The summed E-state index contributed by atoms with van der Waals surface area (Å²) in [5.74, 6) is 2.66. The summed E-state index contributed by atoms with van der Waals surface area (Å²) < 4.78 is 0. The molecule has 3 unspecified atom stereocenters. The molecule has 0 radical (unpaired) electrons. The average molecular weight is 225 g/mol. The van der Waals surface area contributed by atoms with Crippen molar-refractivity contribution in [2.75, 3.05) is 13.1 Å². The summed E-state index contributed by atoms with van der Waals surface area (Å²) in [7, 11) is 0. The van der Waals surface area contributed by atoms with Gasteiger partial charge in [0.15, 0.2) is 0 Å². The first-order valence-electron chi connectivity index (χ1n) is 7.24. The van der Waals surface area contributed by atoms with Crippen LogP contribution in [0.25, 0.3) is 0 Å². The molecule has 96 valence electrons. The van der Waals surface area contributed by atoms with Gasteiger partial charge in [0.05, 0.1) is 0 Å². The van der Waals surface area contributed by atoms with Crippen LogP contribution >= 0.6 is 0 Å². The zero-order valence-electron chi connectivity index (χ0n) is 12.0. The lowest BCUT2D eigenvalue weighted by Gasteiger charge is -2.20. The second-order valence-electron chi connectivity index (χ2n) is 6.39. The van der Waals surface area contributed by atoms with Crippen molar-refractivity contribution in [2.45, 2.75) is 60.3 Å². The van der Waals surface area contributed by atoms with E-state index >= 15 is 0 Å². The minimum absolute atomic E-state index is 0.708. The Kier molecular flexibility index (Phi) is 5.30. The quantitative estimate of drug-likeness (QED) is 0.656. The Labute approximate surface area is 102 Å². The van der Waals surface area contributed by atoms with E-state index in [-0.39, 0.29) is 0 Å². The van der Waals surface area contributed by atoms with E-state index in [1.54, 1.807) is 0 Å². The first kappa shape index (κ1) is 14.0. The highest BCUT2D eigenvalue weighted by atomic mass is 14.9. The molecular weight excluding hydrogens is 194 g/mol. The standard InChI is InChI=1S/C15H31N/c1-6-13(5)8-15(7-2)9-14(15)11-16-10-12(3)4/h12-14,16H,6-11H2,1-5H3. The van der Waals surface area contributed by atoms with Crippen LogP contribution in [0, 0.1) is 23.2 Å². The van der Waals surface area contributed by atoms with Gasteiger partial charge in [-0.2, -0.15) is 0 Å². The van der Waals surface area contributed by atoms with E-state index < -0.39 is 0 Å². The molecule has 1 heteroatoms. The molecule has 0 amide bonds. The number of hydrogen-bond acceptors (Lipinski definition) is 1. The van der Waals surface area contributed by atoms with Crippen LogP contribution in [0.1, 0.15) is 60.3 Å². The number of nitrogens with one attached hydrogen (secondary N) is 1. The molecule has 1 nitrogen and oxygen atoms in total. The summed E-state index contributed by atoms with van der Waals surface area (Å²) in [5, 5.41) is 3.63. The maximum Gasteiger partial charge on any atom is -0.00149 e. The first-order valence-corrected chi connectivity index (χ1v) is 7.24. The smallest absolute Gasteiger partial charge is 0.00149 e. The highest BCUT2D eigenvalue weighted by Crippen LogP contribution is 2.58. The molecule has 1 aliphatic rings. The molecule has 1 aliphatic carbocycles. The van der Waals surface area contributed by atoms with Gasteiger partial charge in [-0.1, -0.05) is 47.5 Å². The molecule has 0 aromatic rings. The summed E-state index contributed by atoms with van der Waals surface area (Å²) in [6.07, 6.45) is 5.65. The minimum Gasteiger partial charge on any atom is -0.316 e. The Balaban J connectivity index is 2.26. The largest absolute Gasteiger partial charge is 0.316 e. The van der Waals surface area contributed by atoms with Gasteiger partial charge in [-0.05, 0) is 49.1 Å². The van der Waals surface area contributed by atoms with Crippen LogP contribution in [0.3, 0.4) is 0 Å². The third-order valence-electron chi connectivity index (χ3n) is 4.46. The maximum atomic E-state index is 3.63. The van der Waals surface area contributed by atoms with Gasteiger partial charge >= 0.3 is 0 Å². The van der Waals surface area contributed by atoms with E-state index in [2.05, 4.69) is 39.9 Å². The molecule has 0 saturated heterocycles. The first-order chi connectivity index (χ1) is 7.54. The highest BCUT2D eigenvalue weighted by Gasteiger charge is 2.51. The van der Waals surface area contributed by atoms with Gasteiger partial charge in [-0.15, -0.1) is 0 Å². The topological polar surface area (TPSA) is 12.0 Å². The number of rotatable bonds is 8.